The number of nitrogens with one attached hydrogen (secondary N) is 1. The maximum absolute atomic E-state index is 12.3. The molecule has 2 aromatic heterocycles. The molecule has 12 heteroatoms. The van der Waals surface area contributed by atoms with E-state index in [1.807, 2.05) is 47.8 Å². The smallest absolute Gasteiger partial charge is 0.340 e. The molecule has 0 saturated carbocycles. The third-order valence-electron chi connectivity index (χ3n) is 6.37. The monoisotopic (exact) mass is 533 g/mol. The summed E-state index contributed by atoms with van der Waals surface area (Å²) in [6, 6.07) is 10.2. The molecule has 0 atom stereocenters. The molecule has 0 unspecified atom stereocenters. The second kappa shape index (κ2) is 11.4. The molecule has 0 bridgehead atoms. The topological polar surface area (TPSA) is 128 Å². The SMILES string of the molecule is COC(=O)c1cccc2c(-c3ccnc(Nc4cc([N+](=O)[O-])c(N(C)CCN(C)C)cc4OC)n3)cn(C)c12. The molecule has 0 spiro atoms. The first-order chi connectivity index (χ1) is 18.6. The van der Waals surface area contributed by atoms with Gasteiger partial charge in [0.1, 0.15) is 11.4 Å². The van der Waals surface area contributed by atoms with Crippen LogP contribution in [-0.2, 0) is 11.8 Å². The van der Waals surface area contributed by atoms with Crippen LogP contribution in [0.15, 0.2) is 48.8 Å². The number of para-hydroxylation sites is 1. The molecule has 2 aromatic carbocycles. The van der Waals surface area contributed by atoms with Gasteiger partial charge in [-0.1, -0.05) is 12.1 Å². The molecule has 0 saturated heterocycles. The molecule has 0 fully saturated rings. The number of hydrogen-bond donors (Lipinski definition) is 1. The minimum atomic E-state index is -0.428. The van der Waals surface area contributed by atoms with Crippen LogP contribution in [0.3, 0.4) is 0 Å². The maximum Gasteiger partial charge on any atom is 0.340 e. The van der Waals surface area contributed by atoms with Crippen molar-refractivity contribution >= 4 is 39.9 Å². The van der Waals surface area contributed by atoms with E-state index in [4.69, 9.17) is 9.47 Å². The Kier molecular flexibility index (Phi) is 7.96. The van der Waals surface area contributed by atoms with Crippen LogP contribution in [0.1, 0.15) is 10.4 Å². The number of aromatic nitrogens is 3. The summed E-state index contributed by atoms with van der Waals surface area (Å²) in [6.45, 7) is 1.32. The number of nitrogens with zero attached hydrogens (tertiary/aromatic N) is 6. The molecule has 0 aliphatic heterocycles. The molecule has 2 heterocycles. The fourth-order valence-electron chi connectivity index (χ4n) is 4.38. The standard InChI is InChI=1S/C27H31N7O5/c1-31(2)12-13-32(3)22-15-24(38-5)21(14-23(22)34(36)37)30-27-28-11-10-20(29-27)19-16-33(4)25-17(19)8-7-9-18(25)26(35)39-6/h7-11,14-16H,12-13H2,1-6H3,(H,28,29,30). The highest BCUT2D eigenvalue weighted by Crippen LogP contribution is 2.39. The Bertz CT molecular complexity index is 1530. The lowest BCUT2D eigenvalue weighted by Crippen LogP contribution is -2.28. The number of esters is 1. The Labute approximate surface area is 225 Å². The van der Waals surface area contributed by atoms with Gasteiger partial charge < -0.3 is 29.2 Å². The highest BCUT2D eigenvalue weighted by atomic mass is 16.6. The summed E-state index contributed by atoms with van der Waals surface area (Å²) in [5, 5.41) is 15.9. The molecule has 0 radical (unpaired) electrons. The van der Waals surface area contributed by atoms with Crippen LogP contribution >= 0.6 is 0 Å². The predicted octanol–water partition coefficient (Wildman–Crippen LogP) is 4.08. The van der Waals surface area contributed by atoms with Crippen molar-refractivity contribution < 1.29 is 19.2 Å². The van der Waals surface area contributed by atoms with Crippen molar-refractivity contribution in [2.24, 2.45) is 7.05 Å². The quantitative estimate of drug-likeness (QED) is 0.181. The van der Waals surface area contributed by atoms with Crippen LogP contribution in [0.5, 0.6) is 5.75 Å². The fourth-order valence-corrected chi connectivity index (χ4v) is 4.38. The Hall–Kier alpha value is -4.71. The number of anilines is 3. The van der Waals surface area contributed by atoms with Crippen molar-refractivity contribution in [3.05, 3.63) is 64.5 Å². The highest BCUT2D eigenvalue weighted by Gasteiger charge is 2.23. The lowest BCUT2D eigenvalue weighted by atomic mass is 10.1. The van der Waals surface area contributed by atoms with Gasteiger partial charge in [0.25, 0.3) is 5.69 Å². The number of rotatable bonds is 10. The number of carbonyl (C=O) groups is 1. The average Bonchev–Trinajstić information content (AvgIpc) is 3.27. The first-order valence-electron chi connectivity index (χ1n) is 12.1. The highest BCUT2D eigenvalue weighted by molar-refractivity contribution is 6.07. The van der Waals surface area contributed by atoms with Gasteiger partial charge in [-0.3, -0.25) is 10.1 Å². The molecular weight excluding hydrogens is 502 g/mol. The summed E-state index contributed by atoms with van der Waals surface area (Å²) in [5.74, 6) is 0.215. The number of nitro benzene ring substituents is 1. The number of ether oxygens (including phenoxy) is 2. The molecule has 0 aliphatic rings. The van der Waals surface area contributed by atoms with Crippen LogP contribution in [0.2, 0.25) is 0 Å². The number of nitro groups is 1. The number of fused-ring (bicyclic) bond motifs is 1. The van der Waals surface area contributed by atoms with Crippen LogP contribution in [0.25, 0.3) is 22.2 Å². The van der Waals surface area contributed by atoms with Gasteiger partial charge in [-0.05, 0) is 26.2 Å². The molecule has 4 aromatic rings. The van der Waals surface area contributed by atoms with E-state index >= 15 is 0 Å². The van der Waals surface area contributed by atoms with Gasteiger partial charge in [0.2, 0.25) is 5.95 Å². The van der Waals surface area contributed by atoms with Gasteiger partial charge >= 0.3 is 5.97 Å². The second-order valence-electron chi connectivity index (χ2n) is 9.26. The Morgan fingerprint density at radius 1 is 1.15 bits per heavy atom. The largest absolute Gasteiger partial charge is 0.494 e. The van der Waals surface area contributed by atoms with Crippen LogP contribution < -0.4 is 15.0 Å². The molecule has 1 N–H and O–H groups in total. The van der Waals surface area contributed by atoms with Gasteiger partial charge in [-0.25, -0.2) is 14.8 Å². The van der Waals surface area contributed by atoms with Crippen molar-refractivity contribution in [3.8, 4) is 17.0 Å². The molecule has 12 nitrogen and oxygen atoms in total. The van der Waals surface area contributed by atoms with Crippen molar-refractivity contribution in [2.45, 2.75) is 0 Å². The lowest BCUT2D eigenvalue weighted by Gasteiger charge is -2.22. The van der Waals surface area contributed by atoms with E-state index in [0.717, 1.165) is 23.0 Å². The van der Waals surface area contributed by atoms with E-state index < -0.39 is 10.9 Å². The van der Waals surface area contributed by atoms with Gasteiger partial charge in [-0.15, -0.1) is 0 Å². The van der Waals surface area contributed by atoms with E-state index in [-0.39, 0.29) is 11.6 Å². The van der Waals surface area contributed by atoms with Gasteiger partial charge in [0.15, 0.2) is 0 Å². The summed E-state index contributed by atoms with van der Waals surface area (Å²) in [6.07, 6.45) is 3.48. The van der Waals surface area contributed by atoms with Crippen LogP contribution in [0, 0.1) is 10.1 Å². The first kappa shape index (κ1) is 27.3. The first-order valence-corrected chi connectivity index (χ1v) is 12.1. The van der Waals surface area contributed by atoms with E-state index in [1.54, 1.807) is 37.5 Å². The number of methoxy groups -OCH3 is 2. The Balaban J connectivity index is 1.72. The number of benzene rings is 2. The third-order valence-corrected chi connectivity index (χ3v) is 6.37. The van der Waals surface area contributed by atoms with Gasteiger partial charge in [0.05, 0.1) is 41.6 Å². The molecule has 0 aliphatic carbocycles. The Morgan fingerprint density at radius 2 is 1.92 bits per heavy atom. The number of likely N-dealkylation sites (N-methyl/N-ethyl adjacent to an activating group) is 2. The zero-order chi connectivity index (χ0) is 28.3. The Morgan fingerprint density at radius 3 is 2.59 bits per heavy atom. The van der Waals surface area contributed by atoms with E-state index in [1.165, 1.54) is 20.3 Å². The third kappa shape index (κ3) is 5.60. The molecule has 39 heavy (non-hydrogen) atoms. The molecule has 4 rings (SSSR count). The van der Waals surface area contributed by atoms with Gasteiger partial charge in [-0.2, -0.15) is 0 Å². The van der Waals surface area contributed by atoms with Crippen LogP contribution in [0.4, 0.5) is 23.0 Å². The van der Waals surface area contributed by atoms with Crippen molar-refractivity contribution in [2.75, 3.05) is 58.7 Å². The van der Waals surface area contributed by atoms with Crippen LogP contribution in [-0.4, -0.2) is 78.8 Å². The molecular formula is C27H31N7O5. The maximum atomic E-state index is 12.3. The zero-order valence-electron chi connectivity index (χ0n) is 22.8. The predicted molar refractivity (Wildman–Crippen MR) is 150 cm³/mol. The normalized spacial score (nSPS) is 11.1. The van der Waals surface area contributed by atoms with Gasteiger partial charge in [0, 0.05) is 62.7 Å². The molecule has 0 amide bonds. The number of aryl methyl sites for hydroxylation is 1. The summed E-state index contributed by atoms with van der Waals surface area (Å²) in [5.41, 5.74) is 3.30. The van der Waals surface area contributed by atoms with Crippen molar-refractivity contribution in [3.63, 3.8) is 0 Å². The van der Waals surface area contributed by atoms with Crippen molar-refractivity contribution in [1.29, 1.82) is 0 Å². The minimum Gasteiger partial charge on any atom is -0.494 e. The summed E-state index contributed by atoms with van der Waals surface area (Å²) < 4.78 is 12.4. The average molecular weight is 534 g/mol. The van der Waals surface area contributed by atoms with E-state index in [0.29, 0.717) is 34.9 Å². The molecule has 204 valence electrons. The van der Waals surface area contributed by atoms with E-state index in [9.17, 15) is 14.9 Å². The lowest BCUT2D eigenvalue weighted by molar-refractivity contribution is -0.384. The second-order valence-corrected chi connectivity index (χ2v) is 9.26. The fraction of sp³-hybridized carbons (Fsp3) is 0.296. The number of carbonyl (C=O) groups excluding carboxylic acids is 1. The summed E-state index contributed by atoms with van der Waals surface area (Å²) >= 11 is 0. The summed E-state index contributed by atoms with van der Waals surface area (Å²) in [7, 11) is 10.4. The zero-order valence-corrected chi connectivity index (χ0v) is 22.8. The number of hydrogen-bond acceptors (Lipinski definition) is 10. The minimum absolute atomic E-state index is 0.0693. The summed E-state index contributed by atoms with van der Waals surface area (Å²) in [4.78, 5) is 36.7. The van der Waals surface area contributed by atoms with Crippen molar-refractivity contribution in [1.82, 2.24) is 19.4 Å². The van der Waals surface area contributed by atoms with E-state index in [2.05, 4.69) is 15.3 Å².